The van der Waals surface area contributed by atoms with Crippen molar-refractivity contribution < 1.29 is 9.53 Å². The fourth-order valence-electron chi connectivity index (χ4n) is 2.70. The van der Waals surface area contributed by atoms with Crippen molar-refractivity contribution in [1.82, 2.24) is 10.3 Å². The van der Waals surface area contributed by atoms with Crippen LogP contribution in [-0.4, -0.2) is 30.1 Å². The Hall–Kier alpha value is -2.14. The number of primary amides is 1. The van der Waals surface area contributed by atoms with E-state index in [1.165, 1.54) is 0 Å². The fourth-order valence-corrected chi connectivity index (χ4v) is 2.70. The van der Waals surface area contributed by atoms with E-state index in [0.717, 1.165) is 23.7 Å². The van der Waals surface area contributed by atoms with Gasteiger partial charge >= 0.3 is 0 Å². The number of carbonyl (C=O) groups is 1. The molecule has 2 aromatic rings. The summed E-state index contributed by atoms with van der Waals surface area (Å²) in [6.45, 7) is 0.238. The SMILES string of the molecule is CNC(COc1ccc2cccnc2c1)(C(N)=O)C1CC1. The first-order chi connectivity index (χ1) is 10.2. The number of benzene rings is 1. The lowest BCUT2D eigenvalue weighted by Gasteiger charge is -2.30. The van der Waals surface area contributed by atoms with E-state index < -0.39 is 5.54 Å². The lowest BCUT2D eigenvalue weighted by molar-refractivity contribution is -0.126. The monoisotopic (exact) mass is 285 g/mol. The number of nitrogens with zero attached hydrogens (tertiary/aromatic N) is 1. The van der Waals surface area contributed by atoms with Crippen LogP contribution in [0.15, 0.2) is 36.5 Å². The molecule has 110 valence electrons. The molecule has 0 radical (unpaired) electrons. The molecule has 0 bridgehead atoms. The minimum absolute atomic E-state index is 0.238. The molecule has 1 heterocycles. The van der Waals surface area contributed by atoms with Gasteiger partial charge in [-0.25, -0.2) is 0 Å². The number of hydrogen-bond donors (Lipinski definition) is 2. The van der Waals surface area contributed by atoms with Gasteiger partial charge in [0, 0.05) is 17.6 Å². The first-order valence-electron chi connectivity index (χ1n) is 7.12. The normalized spacial score (nSPS) is 17.4. The Morgan fingerprint density at radius 2 is 2.29 bits per heavy atom. The number of nitrogens with one attached hydrogen (secondary N) is 1. The van der Waals surface area contributed by atoms with E-state index in [4.69, 9.17) is 10.5 Å². The molecular weight excluding hydrogens is 266 g/mol. The maximum atomic E-state index is 11.8. The van der Waals surface area contributed by atoms with Gasteiger partial charge in [0.25, 0.3) is 0 Å². The molecular formula is C16H19N3O2. The molecule has 5 heteroatoms. The third-order valence-electron chi connectivity index (χ3n) is 4.20. The zero-order valence-corrected chi connectivity index (χ0v) is 12.0. The van der Waals surface area contributed by atoms with Crippen LogP contribution in [-0.2, 0) is 4.79 Å². The first kappa shape index (κ1) is 13.8. The lowest BCUT2D eigenvalue weighted by Crippen LogP contribution is -2.59. The Kier molecular flexibility index (Phi) is 3.51. The second-order valence-electron chi connectivity index (χ2n) is 5.51. The van der Waals surface area contributed by atoms with E-state index in [-0.39, 0.29) is 18.4 Å². The second kappa shape index (κ2) is 5.33. The molecule has 1 aromatic heterocycles. The van der Waals surface area contributed by atoms with Crippen LogP contribution in [0.4, 0.5) is 0 Å². The van der Waals surface area contributed by atoms with Gasteiger partial charge in [-0.2, -0.15) is 0 Å². The number of rotatable bonds is 6. The van der Waals surface area contributed by atoms with Gasteiger partial charge in [-0.3, -0.25) is 9.78 Å². The van der Waals surface area contributed by atoms with E-state index in [1.807, 2.05) is 30.3 Å². The molecule has 1 aliphatic rings. The maximum absolute atomic E-state index is 11.8. The summed E-state index contributed by atoms with van der Waals surface area (Å²) < 4.78 is 5.83. The van der Waals surface area contributed by atoms with Crippen molar-refractivity contribution in [2.75, 3.05) is 13.7 Å². The highest BCUT2D eigenvalue weighted by Gasteiger charge is 2.49. The highest BCUT2D eigenvalue weighted by Crippen LogP contribution is 2.39. The Morgan fingerprint density at radius 3 is 2.95 bits per heavy atom. The van der Waals surface area contributed by atoms with E-state index >= 15 is 0 Å². The minimum atomic E-state index is -0.779. The van der Waals surface area contributed by atoms with Crippen molar-refractivity contribution in [2.45, 2.75) is 18.4 Å². The zero-order valence-electron chi connectivity index (χ0n) is 12.0. The Morgan fingerprint density at radius 1 is 1.48 bits per heavy atom. The summed E-state index contributed by atoms with van der Waals surface area (Å²) >= 11 is 0. The Balaban J connectivity index is 1.79. The number of pyridine rings is 1. The van der Waals surface area contributed by atoms with Gasteiger partial charge in [0.15, 0.2) is 0 Å². The summed E-state index contributed by atoms with van der Waals surface area (Å²) in [6, 6.07) is 9.62. The average Bonchev–Trinajstić information content (AvgIpc) is 3.33. The molecule has 0 spiro atoms. The van der Waals surface area contributed by atoms with E-state index in [1.54, 1.807) is 13.2 Å². The van der Waals surface area contributed by atoms with Crippen LogP contribution in [0, 0.1) is 5.92 Å². The van der Waals surface area contributed by atoms with Crippen LogP contribution in [0.2, 0.25) is 0 Å². The van der Waals surface area contributed by atoms with E-state index in [0.29, 0.717) is 5.75 Å². The number of likely N-dealkylation sites (N-methyl/N-ethyl adjacent to an activating group) is 1. The van der Waals surface area contributed by atoms with Crippen LogP contribution in [0.1, 0.15) is 12.8 Å². The van der Waals surface area contributed by atoms with Gasteiger partial charge in [0.1, 0.15) is 17.9 Å². The second-order valence-corrected chi connectivity index (χ2v) is 5.51. The van der Waals surface area contributed by atoms with Crippen LogP contribution < -0.4 is 15.8 Å². The lowest BCUT2D eigenvalue weighted by atomic mass is 9.93. The summed E-state index contributed by atoms with van der Waals surface area (Å²) in [7, 11) is 1.76. The number of hydrogen-bond acceptors (Lipinski definition) is 4. The highest BCUT2D eigenvalue weighted by atomic mass is 16.5. The fraction of sp³-hybridized carbons (Fsp3) is 0.375. The number of fused-ring (bicyclic) bond motifs is 1. The molecule has 0 aliphatic heterocycles. The van der Waals surface area contributed by atoms with Crippen LogP contribution in [0.3, 0.4) is 0 Å². The van der Waals surface area contributed by atoms with Crippen LogP contribution in [0.25, 0.3) is 10.9 Å². The summed E-state index contributed by atoms with van der Waals surface area (Å²) in [6.07, 6.45) is 3.76. The standard InChI is InChI=1S/C16H19N3O2/c1-18-16(15(17)20,12-5-6-12)10-21-13-7-4-11-3-2-8-19-14(11)9-13/h2-4,7-9,12,18H,5-6,10H2,1H3,(H2,17,20). The third kappa shape index (κ3) is 2.56. The van der Waals surface area contributed by atoms with Crippen molar-refractivity contribution in [3.05, 3.63) is 36.5 Å². The van der Waals surface area contributed by atoms with Gasteiger partial charge in [-0.05, 0) is 44.0 Å². The number of amides is 1. The predicted octanol–water partition coefficient (Wildman–Crippen LogP) is 1.47. The smallest absolute Gasteiger partial charge is 0.241 e. The molecule has 5 nitrogen and oxygen atoms in total. The molecule has 3 rings (SSSR count). The number of aromatic nitrogens is 1. The summed E-state index contributed by atoms with van der Waals surface area (Å²) in [5.74, 6) is 0.604. The van der Waals surface area contributed by atoms with Crippen LogP contribution in [0.5, 0.6) is 5.75 Å². The van der Waals surface area contributed by atoms with Crippen molar-refractivity contribution in [3.8, 4) is 5.75 Å². The molecule has 1 fully saturated rings. The number of ether oxygens (including phenoxy) is 1. The van der Waals surface area contributed by atoms with Gasteiger partial charge in [-0.1, -0.05) is 6.07 Å². The quantitative estimate of drug-likeness (QED) is 0.842. The zero-order chi connectivity index (χ0) is 14.9. The molecule has 1 saturated carbocycles. The molecule has 0 saturated heterocycles. The Bertz CT molecular complexity index is 669. The average molecular weight is 285 g/mol. The van der Waals surface area contributed by atoms with Crippen molar-refractivity contribution >= 4 is 16.8 Å². The van der Waals surface area contributed by atoms with Gasteiger partial charge in [-0.15, -0.1) is 0 Å². The molecule has 1 unspecified atom stereocenters. The first-order valence-corrected chi connectivity index (χ1v) is 7.12. The maximum Gasteiger partial charge on any atom is 0.241 e. The molecule has 3 N–H and O–H groups in total. The summed E-state index contributed by atoms with van der Waals surface area (Å²) in [4.78, 5) is 16.1. The third-order valence-corrected chi connectivity index (χ3v) is 4.20. The van der Waals surface area contributed by atoms with E-state index in [2.05, 4.69) is 10.3 Å². The molecule has 1 atom stereocenters. The molecule has 21 heavy (non-hydrogen) atoms. The van der Waals surface area contributed by atoms with Gasteiger partial charge in [0.05, 0.1) is 5.52 Å². The highest BCUT2D eigenvalue weighted by molar-refractivity contribution is 5.86. The predicted molar refractivity (Wildman–Crippen MR) is 80.9 cm³/mol. The van der Waals surface area contributed by atoms with Gasteiger partial charge < -0.3 is 15.8 Å². The topological polar surface area (TPSA) is 77.2 Å². The Labute approximate surface area is 123 Å². The number of nitrogens with two attached hydrogens (primary N) is 1. The molecule has 1 aromatic carbocycles. The van der Waals surface area contributed by atoms with Crippen molar-refractivity contribution in [3.63, 3.8) is 0 Å². The minimum Gasteiger partial charge on any atom is -0.491 e. The molecule has 1 amide bonds. The number of carbonyl (C=O) groups excluding carboxylic acids is 1. The largest absolute Gasteiger partial charge is 0.491 e. The van der Waals surface area contributed by atoms with E-state index in [9.17, 15) is 4.79 Å². The van der Waals surface area contributed by atoms with Gasteiger partial charge in [0.2, 0.25) is 5.91 Å². The summed E-state index contributed by atoms with van der Waals surface area (Å²) in [5.41, 5.74) is 5.68. The molecule has 1 aliphatic carbocycles. The van der Waals surface area contributed by atoms with Crippen LogP contribution >= 0.6 is 0 Å². The summed E-state index contributed by atoms with van der Waals surface area (Å²) in [5, 5.41) is 4.13. The van der Waals surface area contributed by atoms with Crippen molar-refractivity contribution in [1.29, 1.82) is 0 Å². The van der Waals surface area contributed by atoms with Crippen molar-refractivity contribution in [2.24, 2.45) is 11.7 Å².